The van der Waals surface area contributed by atoms with Crippen LogP contribution in [0.2, 0.25) is 0 Å². The van der Waals surface area contributed by atoms with Gasteiger partial charge in [0.05, 0.1) is 12.8 Å². The minimum absolute atomic E-state index is 0.107. The smallest absolute Gasteiger partial charge is 0.265 e. The van der Waals surface area contributed by atoms with E-state index in [-0.39, 0.29) is 4.90 Å². The van der Waals surface area contributed by atoms with E-state index >= 15 is 0 Å². The van der Waals surface area contributed by atoms with Crippen LogP contribution in [0.3, 0.4) is 0 Å². The van der Waals surface area contributed by atoms with Crippen molar-refractivity contribution in [2.45, 2.75) is 11.8 Å². The summed E-state index contributed by atoms with van der Waals surface area (Å²) in [5, 5.41) is 2.88. The van der Waals surface area contributed by atoms with Crippen molar-refractivity contribution < 1.29 is 13.2 Å². The van der Waals surface area contributed by atoms with E-state index in [4.69, 9.17) is 4.74 Å². The van der Waals surface area contributed by atoms with Gasteiger partial charge in [0.15, 0.2) is 0 Å². The minimum atomic E-state index is -3.78. The monoisotopic (exact) mass is 437 g/mol. The van der Waals surface area contributed by atoms with Crippen LogP contribution in [0.1, 0.15) is 5.56 Å². The lowest BCUT2D eigenvalue weighted by Crippen LogP contribution is -2.14. The molecule has 0 aliphatic carbocycles. The summed E-state index contributed by atoms with van der Waals surface area (Å²) in [5.74, 6) is 0.302. The molecule has 2 aromatic carbocycles. The molecule has 0 saturated heterocycles. The Balaban J connectivity index is 1.56. The van der Waals surface area contributed by atoms with Crippen molar-refractivity contribution in [1.82, 2.24) is 9.97 Å². The third kappa shape index (κ3) is 4.19. The lowest BCUT2D eigenvalue weighted by Gasteiger charge is -2.12. The molecule has 0 spiro atoms. The van der Waals surface area contributed by atoms with Crippen LogP contribution in [0, 0.1) is 6.92 Å². The van der Waals surface area contributed by atoms with Crippen LogP contribution < -0.4 is 9.46 Å². The van der Waals surface area contributed by atoms with Gasteiger partial charge in [-0.05, 0) is 48.9 Å². The third-order valence-corrected chi connectivity index (χ3v) is 6.77. The van der Waals surface area contributed by atoms with Crippen molar-refractivity contribution in [3.8, 4) is 27.6 Å². The van der Waals surface area contributed by atoms with Gasteiger partial charge in [-0.15, -0.1) is 11.3 Å². The van der Waals surface area contributed by atoms with Gasteiger partial charge in [0, 0.05) is 34.6 Å². The molecule has 0 radical (unpaired) electrons. The number of thiazole rings is 1. The van der Waals surface area contributed by atoms with Gasteiger partial charge in [-0.3, -0.25) is 9.71 Å². The number of methoxy groups -OCH3 is 1. The van der Waals surface area contributed by atoms with Crippen molar-refractivity contribution in [2.75, 3.05) is 11.8 Å². The molecule has 8 heteroatoms. The number of sulfonamides is 1. The quantitative estimate of drug-likeness (QED) is 0.460. The number of benzene rings is 2. The van der Waals surface area contributed by atoms with Crippen LogP contribution in [0.5, 0.6) is 5.75 Å². The van der Waals surface area contributed by atoms with Crippen LogP contribution in [-0.2, 0) is 10.0 Å². The lowest BCUT2D eigenvalue weighted by atomic mass is 10.1. The molecule has 1 N–H and O–H groups in total. The lowest BCUT2D eigenvalue weighted by molar-refractivity contribution is 0.402. The Hall–Kier alpha value is -3.23. The number of pyridine rings is 1. The molecule has 4 aromatic rings. The Morgan fingerprint density at radius 2 is 1.70 bits per heavy atom. The number of aryl methyl sites for hydroxylation is 1. The zero-order valence-corrected chi connectivity index (χ0v) is 18.0. The summed E-state index contributed by atoms with van der Waals surface area (Å²) in [6.07, 6.45) is 3.47. The number of anilines is 1. The fraction of sp³-hybridized carbons (Fsp3) is 0.0909. The zero-order valence-electron chi connectivity index (χ0n) is 16.4. The normalized spacial score (nSPS) is 11.3. The molecule has 0 aliphatic rings. The molecule has 0 saturated carbocycles. The van der Waals surface area contributed by atoms with E-state index in [2.05, 4.69) is 14.7 Å². The maximum Gasteiger partial charge on any atom is 0.265 e. The van der Waals surface area contributed by atoms with Gasteiger partial charge in [-0.1, -0.05) is 18.2 Å². The SMILES string of the molecule is COc1ccc(C)cc1S(=O)(=O)Nc1ccc(-c2csc(-c3ccncc3)n2)cc1. The molecule has 6 nitrogen and oxygen atoms in total. The predicted octanol–water partition coefficient (Wildman–Crippen LogP) is 4.99. The molecule has 0 amide bonds. The first kappa shape index (κ1) is 20.1. The number of aromatic nitrogens is 2. The summed E-state index contributed by atoms with van der Waals surface area (Å²) in [7, 11) is -2.33. The number of nitrogens with one attached hydrogen (secondary N) is 1. The predicted molar refractivity (Wildman–Crippen MR) is 119 cm³/mol. The standard InChI is InChI=1S/C22H19N3O3S2/c1-15-3-8-20(28-2)21(13-15)30(26,27)25-18-6-4-16(5-7-18)19-14-29-22(24-19)17-9-11-23-12-10-17/h3-14,25H,1-2H3. The molecule has 152 valence electrons. The van der Waals surface area contributed by atoms with Crippen LogP contribution in [0.15, 0.2) is 77.3 Å². The van der Waals surface area contributed by atoms with Crippen molar-refractivity contribution in [3.05, 3.63) is 77.9 Å². The van der Waals surface area contributed by atoms with E-state index in [0.29, 0.717) is 11.4 Å². The van der Waals surface area contributed by atoms with E-state index in [1.54, 1.807) is 54.1 Å². The van der Waals surface area contributed by atoms with E-state index in [9.17, 15) is 8.42 Å². The van der Waals surface area contributed by atoms with Crippen LogP contribution in [0.25, 0.3) is 21.8 Å². The Morgan fingerprint density at radius 1 is 0.967 bits per heavy atom. The third-order valence-electron chi connectivity index (χ3n) is 4.47. The van der Waals surface area contributed by atoms with Crippen molar-refractivity contribution >= 4 is 27.0 Å². The minimum Gasteiger partial charge on any atom is -0.495 e. The second-order valence-electron chi connectivity index (χ2n) is 6.61. The maximum atomic E-state index is 12.8. The summed E-state index contributed by atoms with van der Waals surface area (Å²) in [6.45, 7) is 1.83. The van der Waals surface area contributed by atoms with E-state index in [0.717, 1.165) is 27.4 Å². The van der Waals surface area contributed by atoms with E-state index in [1.165, 1.54) is 7.11 Å². The summed E-state index contributed by atoms with van der Waals surface area (Å²) in [6, 6.07) is 16.0. The second kappa shape index (κ2) is 8.25. The summed E-state index contributed by atoms with van der Waals surface area (Å²) >= 11 is 1.55. The molecule has 0 fully saturated rings. The summed E-state index contributed by atoms with van der Waals surface area (Å²) < 4.78 is 33.5. The average molecular weight is 438 g/mol. The fourth-order valence-electron chi connectivity index (χ4n) is 2.95. The number of hydrogen-bond donors (Lipinski definition) is 1. The summed E-state index contributed by atoms with van der Waals surface area (Å²) in [4.78, 5) is 8.80. The maximum absolute atomic E-state index is 12.8. The van der Waals surface area contributed by atoms with Gasteiger partial charge in [-0.25, -0.2) is 13.4 Å². The Bertz CT molecular complexity index is 1270. The number of hydrogen-bond acceptors (Lipinski definition) is 6. The highest BCUT2D eigenvalue weighted by Gasteiger charge is 2.20. The molecule has 30 heavy (non-hydrogen) atoms. The molecular formula is C22H19N3O3S2. The first-order chi connectivity index (χ1) is 14.5. The van der Waals surface area contributed by atoms with E-state index < -0.39 is 10.0 Å². The number of rotatable bonds is 6. The molecular weight excluding hydrogens is 418 g/mol. The zero-order chi connectivity index (χ0) is 21.1. The molecule has 4 rings (SSSR count). The fourth-order valence-corrected chi connectivity index (χ4v) is 5.10. The van der Waals surface area contributed by atoms with Gasteiger partial charge in [-0.2, -0.15) is 0 Å². The highest BCUT2D eigenvalue weighted by Crippen LogP contribution is 2.30. The van der Waals surface area contributed by atoms with Crippen LogP contribution in [-0.4, -0.2) is 25.5 Å². The summed E-state index contributed by atoms with van der Waals surface area (Å²) in [5.41, 5.74) is 4.05. The van der Waals surface area contributed by atoms with Crippen molar-refractivity contribution in [1.29, 1.82) is 0 Å². The highest BCUT2D eigenvalue weighted by molar-refractivity contribution is 7.92. The first-order valence-electron chi connectivity index (χ1n) is 9.10. The van der Waals surface area contributed by atoms with Crippen LogP contribution in [0.4, 0.5) is 5.69 Å². The molecule has 0 aliphatic heterocycles. The topological polar surface area (TPSA) is 81.2 Å². The van der Waals surface area contributed by atoms with Gasteiger partial charge < -0.3 is 4.74 Å². The number of nitrogens with zero attached hydrogens (tertiary/aromatic N) is 2. The van der Waals surface area contributed by atoms with Gasteiger partial charge in [0.2, 0.25) is 0 Å². The average Bonchev–Trinajstić information content (AvgIpc) is 3.25. The van der Waals surface area contributed by atoms with Crippen molar-refractivity contribution in [2.24, 2.45) is 0 Å². The second-order valence-corrected chi connectivity index (χ2v) is 9.12. The Labute approximate surface area is 179 Å². The Morgan fingerprint density at radius 3 is 2.40 bits per heavy atom. The van der Waals surface area contributed by atoms with Crippen molar-refractivity contribution in [3.63, 3.8) is 0 Å². The van der Waals surface area contributed by atoms with Gasteiger partial charge in [0.1, 0.15) is 15.7 Å². The number of ether oxygens (including phenoxy) is 1. The van der Waals surface area contributed by atoms with Crippen LogP contribution >= 0.6 is 11.3 Å². The molecule has 0 unspecified atom stereocenters. The van der Waals surface area contributed by atoms with Gasteiger partial charge >= 0.3 is 0 Å². The molecule has 0 bridgehead atoms. The molecule has 2 heterocycles. The van der Waals surface area contributed by atoms with Gasteiger partial charge in [0.25, 0.3) is 10.0 Å². The molecule has 2 aromatic heterocycles. The van der Waals surface area contributed by atoms with E-state index in [1.807, 2.05) is 36.6 Å². The Kier molecular flexibility index (Phi) is 5.52. The highest BCUT2D eigenvalue weighted by atomic mass is 32.2. The first-order valence-corrected chi connectivity index (χ1v) is 11.5. The largest absolute Gasteiger partial charge is 0.495 e. The molecule has 0 atom stereocenters.